The predicted molar refractivity (Wildman–Crippen MR) is 37.3 cm³/mol. The molecule has 0 aromatic rings. The van der Waals surface area contributed by atoms with Crippen molar-refractivity contribution < 1.29 is 9.59 Å². The van der Waals surface area contributed by atoms with Crippen LogP contribution in [0.5, 0.6) is 0 Å². The molecule has 0 bridgehead atoms. The Kier molecular flexibility index (Phi) is 4.49. The first-order chi connectivity index (χ1) is 4.66. The van der Waals surface area contributed by atoms with Gasteiger partial charge in [0.25, 0.3) is 0 Å². The number of amides is 1. The van der Waals surface area contributed by atoms with Crippen LogP contribution in [0.15, 0.2) is 0 Å². The topological polar surface area (TPSA) is 49.4 Å². The van der Waals surface area contributed by atoms with Crippen molar-refractivity contribution in [1.29, 1.82) is 0 Å². The molecule has 0 rings (SSSR count). The fraction of sp³-hybridized carbons (Fsp3) is 0.667. The summed E-state index contributed by atoms with van der Waals surface area (Å²) in [5.41, 5.74) is 0. The molecule has 4 heteroatoms. The van der Waals surface area contributed by atoms with Crippen molar-refractivity contribution in [2.45, 2.75) is 0 Å². The zero-order valence-corrected chi connectivity index (χ0v) is 6.18. The molecule has 1 amide bonds. The van der Waals surface area contributed by atoms with Crippen LogP contribution in [0.3, 0.4) is 0 Å². The second kappa shape index (κ2) is 4.93. The number of rotatable bonds is 4. The van der Waals surface area contributed by atoms with Gasteiger partial charge in [-0.05, 0) is 14.1 Å². The van der Waals surface area contributed by atoms with Crippen LogP contribution in [-0.4, -0.2) is 44.3 Å². The molecule has 10 heavy (non-hydrogen) atoms. The van der Waals surface area contributed by atoms with E-state index >= 15 is 0 Å². The van der Waals surface area contributed by atoms with Crippen LogP contribution >= 0.6 is 0 Å². The molecule has 0 aliphatic rings. The molecule has 0 saturated heterocycles. The van der Waals surface area contributed by atoms with Gasteiger partial charge in [0.1, 0.15) is 0 Å². The third-order valence-corrected chi connectivity index (χ3v) is 0.818. The van der Waals surface area contributed by atoms with E-state index in [1.165, 1.54) is 0 Å². The van der Waals surface area contributed by atoms with Crippen molar-refractivity contribution in [3.05, 3.63) is 0 Å². The second-order valence-corrected chi connectivity index (χ2v) is 2.16. The number of carbonyl (C=O) groups is 1. The first-order valence-electron chi connectivity index (χ1n) is 2.93. The van der Waals surface area contributed by atoms with Crippen molar-refractivity contribution in [2.24, 2.45) is 0 Å². The van der Waals surface area contributed by atoms with Gasteiger partial charge in [0.05, 0.1) is 13.1 Å². The van der Waals surface area contributed by atoms with Crippen LogP contribution in [0.1, 0.15) is 0 Å². The van der Waals surface area contributed by atoms with E-state index < -0.39 is 0 Å². The Morgan fingerprint density at radius 1 is 1.60 bits per heavy atom. The number of carbonyl (C=O) groups excluding carboxylic acids is 2. The van der Waals surface area contributed by atoms with Crippen molar-refractivity contribution in [3.63, 3.8) is 0 Å². The van der Waals surface area contributed by atoms with Crippen molar-refractivity contribution >= 4 is 12.2 Å². The van der Waals surface area contributed by atoms with Crippen LogP contribution in [0.25, 0.3) is 0 Å². The molecule has 0 spiro atoms. The number of hydrogen-bond acceptors (Lipinski definition) is 3. The summed E-state index contributed by atoms with van der Waals surface area (Å²) in [5, 5.41) is 2.36. The van der Waals surface area contributed by atoms with Crippen molar-refractivity contribution in [3.8, 4) is 0 Å². The summed E-state index contributed by atoms with van der Waals surface area (Å²) >= 11 is 0. The van der Waals surface area contributed by atoms with E-state index in [2.05, 4.69) is 5.32 Å². The average molecular weight is 143 g/mol. The molecule has 0 heterocycles. The average Bonchev–Trinajstić information content (AvgIpc) is 1.82. The van der Waals surface area contributed by atoms with Crippen LogP contribution in [-0.2, 0) is 9.59 Å². The summed E-state index contributed by atoms with van der Waals surface area (Å²) in [6.45, 7) is 0.286. The molecule has 4 nitrogen and oxygen atoms in total. The van der Waals surface area contributed by atoms with E-state index in [-0.39, 0.29) is 12.5 Å². The highest BCUT2D eigenvalue weighted by Crippen LogP contribution is 1.71. The van der Waals surface area contributed by atoms with E-state index in [4.69, 9.17) is 0 Å². The van der Waals surface area contributed by atoms with Gasteiger partial charge in [-0.2, -0.15) is 0 Å². The van der Waals surface area contributed by atoms with Gasteiger partial charge in [0.2, 0.25) is 12.2 Å². The Morgan fingerprint density at radius 3 is 2.60 bits per heavy atom. The maximum atomic E-state index is 10.7. The normalized spacial score (nSPS) is 9.50. The zero-order chi connectivity index (χ0) is 7.98. The summed E-state index contributed by atoms with van der Waals surface area (Å²) in [6, 6.07) is 0. The Labute approximate surface area is 60.2 Å². The SMILES string of the molecule is CN(C)CC(=O)NC[C]=O. The maximum absolute atomic E-state index is 10.7. The van der Waals surface area contributed by atoms with Gasteiger partial charge in [-0.3, -0.25) is 9.59 Å². The molecule has 0 saturated carbocycles. The summed E-state index contributed by atoms with van der Waals surface area (Å²) in [7, 11) is 3.56. The van der Waals surface area contributed by atoms with E-state index in [1.807, 2.05) is 0 Å². The Balaban J connectivity index is 3.34. The Hall–Kier alpha value is -0.900. The van der Waals surface area contributed by atoms with Gasteiger partial charge < -0.3 is 10.2 Å². The molecular formula is C6H11N2O2. The van der Waals surface area contributed by atoms with E-state index in [0.717, 1.165) is 0 Å². The summed E-state index contributed by atoms with van der Waals surface area (Å²) < 4.78 is 0. The highest BCUT2D eigenvalue weighted by molar-refractivity contribution is 5.80. The molecule has 0 atom stereocenters. The summed E-state index contributed by atoms with van der Waals surface area (Å²) in [6.07, 6.45) is 1.57. The molecule has 0 fully saturated rings. The monoisotopic (exact) mass is 143 g/mol. The minimum atomic E-state index is -0.159. The summed E-state index contributed by atoms with van der Waals surface area (Å²) in [4.78, 5) is 22.0. The molecule has 57 valence electrons. The first kappa shape index (κ1) is 9.10. The molecule has 0 aliphatic heterocycles. The third-order valence-electron chi connectivity index (χ3n) is 0.818. The van der Waals surface area contributed by atoms with Crippen LogP contribution < -0.4 is 5.32 Å². The van der Waals surface area contributed by atoms with Gasteiger partial charge in [0.15, 0.2) is 0 Å². The minimum absolute atomic E-state index is 0.0212. The second-order valence-electron chi connectivity index (χ2n) is 2.16. The molecule has 1 N–H and O–H groups in total. The third kappa shape index (κ3) is 5.24. The Morgan fingerprint density at radius 2 is 2.20 bits per heavy atom. The minimum Gasteiger partial charge on any atom is -0.347 e. The predicted octanol–water partition coefficient (Wildman–Crippen LogP) is -1.23. The number of nitrogens with zero attached hydrogens (tertiary/aromatic N) is 1. The quantitative estimate of drug-likeness (QED) is 0.536. The molecule has 0 aromatic carbocycles. The highest BCUT2D eigenvalue weighted by Gasteiger charge is 1.99. The fourth-order valence-electron chi connectivity index (χ4n) is 0.478. The Bertz CT molecular complexity index is 123. The number of hydrogen-bond donors (Lipinski definition) is 1. The molecular weight excluding hydrogens is 132 g/mol. The highest BCUT2D eigenvalue weighted by atomic mass is 16.2. The standard InChI is InChI=1S/C6H11N2O2/c1-8(2)5-6(10)7-3-4-9/h3,5H2,1-2H3,(H,7,10). The van der Waals surface area contributed by atoms with Gasteiger partial charge in [0, 0.05) is 0 Å². The summed E-state index contributed by atoms with van der Waals surface area (Å²) in [5.74, 6) is -0.159. The van der Waals surface area contributed by atoms with Gasteiger partial charge in [-0.1, -0.05) is 0 Å². The molecule has 0 aromatic heterocycles. The first-order valence-corrected chi connectivity index (χ1v) is 2.93. The molecule has 1 radical (unpaired) electrons. The number of likely N-dealkylation sites (N-methyl/N-ethyl adjacent to an activating group) is 1. The van der Waals surface area contributed by atoms with Crippen LogP contribution in [0.2, 0.25) is 0 Å². The molecule has 0 aliphatic carbocycles. The lowest BCUT2D eigenvalue weighted by Crippen LogP contribution is -2.34. The van der Waals surface area contributed by atoms with Gasteiger partial charge >= 0.3 is 0 Å². The lowest BCUT2D eigenvalue weighted by Gasteiger charge is -2.07. The largest absolute Gasteiger partial charge is 0.347 e. The zero-order valence-electron chi connectivity index (χ0n) is 6.18. The van der Waals surface area contributed by atoms with Crippen LogP contribution in [0, 0.1) is 0 Å². The van der Waals surface area contributed by atoms with E-state index in [9.17, 15) is 9.59 Å². The van der Waals surface area contributed by atoms with Gasteiger partial charge in [-0.25, -0.2) is 0 Å². The van der Waals surface area contributed by atoms with Crippen LogP contribution in [0.4, 0.5) is 0 Å². The number of nitrogens with one attached hydrogen (secondary N) is 1. The van der Waals surface area contributed by atoms with Crippen molar-refractivity contribution in [2.75, 3.05) is 27.2 Å². The smallest absolute Gasteiger partial charge is 0.234 e. The lowest BCUT2D eigenvalue weighted by atomic mass is 10.5. The fourth-order valence-corrected chi connectivity index (χ4v) is 0.478. The van der Waals surface area contributed by atoms with Gasteiger partial charge in [-0.15, -0.1) is 0 Å². The van der Waals surface area contributed by atoms with E-state index in [0.29, 0.717) is 6.54 Å². The maximum Gasteiger partial charge on any atom is 0.234 e. The molecule has 0 unspecified atom stereocenters. The van der Waals surface area contributed by atoms with Crippen molar-refractivity contribution in [1.82, 2.24) is 10.2 Å². The van der Waals surface area contributed by atoms with E-state index in [1.54, 1.807) is 25.3 Å². The lowest BCUT2D eigenvalue weighted by molar-refractivity contribution is -0.121.